The first-order valence-electron chi connectivity index (χ1n) is 12.8. The third-order valence-corrected chi connectivity index (χ3v) is 7.56. The number of carbonyl (C=O) groups excluding carboxylic acids is 3. The largest absolute Gasteiger partial charge is 0.388 e. The van der Waals surface area contributed by atoms with Gasteiger partial charge in [-0.05, 0) is 44.4 Å². The molecular weight excluding hydrogens is 414 g/mol. The summed E-state index contributed by atoms with van der Waals surface area (Å²) in [5.41, 5.74) is -0.242. The van der Waals surface area contributed by atoms with E-state index in [1.807, 2.05) is 13.0 Å². The van der Waals surface area contributed by atoms with E-state index in [-0.39, 0.29) is 29.1 Å². The van der Waals surface area contributed by atoms with Crippen LogP contribution in [0.3, 0.4) is 0 Å². The van der Waals surface area contributed by atoms with Gasteiger partial charge >= 0.3 is 0 Å². The van der Waals surface area contributed by atoms with Crippen molar-refractivity contribution in [3.63, 3.8) is 0 Å². The van der Waals surface area contributed by atoms with Crippen molar-refractivity contribution in [3.05, 3.63) is 12.2 Å². The minimum absolute atomic E-state index is 0.0208. The Morgan fingerprint density at radius 1 is 1.18 bits per heavy atom. The van der Waals surface area contributed by atoms with Crippen LogP contribution in [0.4, 0.5) is 0 Å². The Balaban J connectivity index is 2.69. The molecule has 2 N–H and O–H groups in total. The van der Waals surface area contributed by atoms with Gasteiger partial charge in [-0.1, -0.05) is 58.6 Å². The SMILES string of the molecule is CC#CCC(CC)(CC)[C@H](O)C=C[C@H]1[C@H](CC)CC(=O)[C@@H]1CCCCCCC(=O)NC(C)=O. The molecule has 186 valence electrons. The number of hydrogen-bond acceptors (Lipinski definition) is 4. The normalized spacial score (nSPS) is 21.6. The summed E-state index contributed by atoms with van der Waals surface area (Å²) in [6, 6.07) is 0. The predicted molar refractivity (Wildman–Crippen MR) is 133 cm³/mol. The van der Waals surface area contributed by atoms with E-state index in [1.54, 1.807) is 0 Å². The fraction of sp³-hybridized carbons (Fsp3) is 0.750. The maximum atomic E-state index is 12.8. The molecule has 0 unspecified atom stereocenters. The Hall–Kier alpha value is -1.93. The van der Waals surface area contributed by atoms with Gasteiger partial charge in [0.25, 0.3) is 0 Å². The number of rotatable bonds is 14. The van der Waals surface area contributed by atoms with Crippen molar-refractivity contribution in [2.75, 3.05) is 0 Å². The van der Waals surface area contributed by atoms with Crippen LogP contribution in [-0.4, -0.2) is 28.8 Å². The molecule has 1 rings (SSSR count). The third-order valence-electron chi connectivity index (χ3n) is 7.56. The molecule has 33 heavy (non-hydrogen) atoms. The fourth-order valence-electron chi connectivity index (χ4n) is 5.14. The van der Waals surface area contributed by atoms with E-state index in [1.165, 1.54) is 6.92 Å². The molecule has 0 heterocycles. The Bertz CT molecular complexity index is 726. The van der Waals surface area contributed by atoms with Gasteiger partial charge in [0.2, 0.25) is 11.8 Å². The van der Waals surface area contributed by atoms with Crippen LogP contribution in [0.5, 0.6) is 0 Å². The summed E-state index contributed by atoms with van der Waals surface area (Å²) in [7, 11) is 0. The van der Waals surface area contributed by atoms with Crippen LogP contribution in [0.25, 0.3) is 0 Å². The molecular formula is C28H45NO4. The van der Waals surface area contributed by atoms with Crippen molar-refractivity contribution in [2.45, 2.75) is 111 Å². The van der Waals surface area contributed by atoms with Gasteiger partial charge < -0.3 is 5.11 Å². The highest BCUT2D eigenvalue weighted by Crippen LogP contribution is 2.41. The summed E-state index contributed by atoms with van der Waals surface area (Å²) in [6.07, 6.45) is 12.3. The zero-order valence-electron chi connectivity index (χ0n) is 21.4. The second-order valence-corrected chi connectivity index (χ2v) is 9.58. The van der Waals surface area contributed by atoms with E-state index in [9.17, 15) is 19.5 Å². The molecule has 0 aromatic carbocycles. The van der Waals surface area contributed by atoms with Gasteiger partial charge in [0, 0.05) is 37.5 Å². The molecule has 1 aliphatic carbocycles. The molecule has 0 bridgehead atoms. The van der Waals surface area contributed by atoms with Gasteiger partial charge in [0.05, 0.1) is 6.10 Å². The topological polar surface area (TPSA) is 83.5 Å². The van der Waals surface area contributed by atoms with E-state index < -0.39 is 6.10 Å². The molecule has 5 heteroatoms. The quantitative estimate of drug-likeness (QED) is 0.208. The van der Waals surface area contributed by atoms with E-state index in [4.69, 9.17) is 0 Å². The number of allylic oxidation sites excluding steroid dienone is 1. The number of Topliss-reactive ketones (excluding diaryl/α,β-unsaturated/α-hetero) is 1. The molecule has 1 aliphatic rings. The lowest BCUT2D eigenvalue weighted by molar-refractivity contribution is -0.129. The maximum Gasteiger partial charge on any atom is 0.226 e. The molecule has 5 nitrogen and oxygen atoms in total. The molecule has 0 aliphatic heterocycles. The Kier molecular flexibility index (Phi) is 13.3. The minimum Gasteiger partial charge on any atom is -0.388 e. The molecule has 0 saturated heterocycles. The number of aliphatic hydroxyl groups is 1. The molecule has 1 saturated carbocycles. The van der Waals surface area contributed by atoms with Crippen molar-refractivity contribution in [1.82, 2.24) is 5.32 Å². The summed E-state index contributed by atoms with van der Waals surface area (Å²) in [6.45, 7) is 9.53. The molecule has 4 atom stereocenters. The maximum absolute atomic E-state index is 12.8. The first-order chi connectivity index (χ1) is 15.7. The molecule has 1 fully saturated rings. The first-order valence-corrected chi connectivity index (χ1v) is 12.8. The lowest BCUT2D eigenvalue weighted by Gasteiger charge is -2.34. The second-order valence-electron chi connectivity index (χ2n) is 9.58. The Labute approximate surface area is 201 Å². The van der Waals surface area contributed by atoms with E-state index in [2.05, 4.69) is 44.0 Å². The third kappa shape index (κ3) is 9.08. The highest BCUT2D eigenvalue weighted by molar-refractivity contribution is 5.93. The van der Waals surface area contributed by atoms with Crippen LogP contribution in [0.15, 0.2) is 12.2 Å². The molecule has 0 radical (unpaired) electrons. The van der Waals surface area contributed by atoms with Gasteiger partial charge in [-0.15, -0.1) is 11.8 Å². The van der Waals surface area contributed by atoms with Crippen LogP contribution < -0.4 is 5.32 Å². The van der Waals surface area contributed by atoms with E-state index in [0.717, 1.165) is 51.4 Å². The summed E-state index contributed by atoms with van der Waals surface area (Å²) >= 11 is 0. The number of amides is 2. The van der Waals surface area contributed by atoms with Crippen molar-refractivity contribution < 1.29 is 19.5 Å². The van der Waals surface area contributed by atoms with E-state index >= 15 is 0 Å². The van der Waals surface area contributed by atoms with Crippen LogP contribution in [0, 0.1) is 35.0 Å². The molecule has 0 aromatic rings. The average Bonchev–Trinajstić information content (AvgIpc) is 3.09. The fourth-order valence-corrected chi connectivity index (χ4v) is 5.14. The molecule has 2 amide bonds. The summed E-state index contributed by atoms with van der Waals surface area (Å²) in [5, 5.41) is 13.3. The van der Waals surface area contributed by atoms with Crippen LogP contribution in [0.1, 0.15) is 105 Å². The number of imide groups is 1. The molecule has 0 spiro atoms. The number of aliphatic hydroxyl groups excluding tert-OH is 1. The number of nitrogens with one attached hydrogen (secondary N) is 1. The van der Waals surface area contributed by atoms with Crippen molar-refractivity contribution in [2.24, 2.45) is 23.2 Å². The number of carbonyl (C=O) groups is 3. The van der Waals surface area contributed by atoms with Gasteiger partial charge in [-0.25, -0.2) is 0 Å². The zero-order valence-corrected chi connectivity index (χ0v) is 21.4. The molecule has 0 aromatic heterocycles. The predicted octanol–water partition coefficient (Wildman–Crippen LogP) is 5.36. The van der Waals surface area contributed by atoms with Crippen LogP contribution in [-0.2, 0) is 14.4 Å². The summed E-state index contributed by atoms with van der Waals surface area (Å²) in [5.74, 6) is 6.47. The minimum atomic E-state index is -0.566. The first kappa shape index (κ1) is 29.1. The van der Waals surface area contributed by atoms with Crippen molar-refractivity contribution in [1.29, 1.82) is 0 Å². The highest BCUT2D eigenvalue weighted by Gasteiger charge is 2.40. The summed E-state index contributed by atoms with van der Waals surface area (Å²) < 4.78 is 0. The Morgan fingerprint density at radius 3 is 2.42 bits per heavy atom. The number of unbranched alkanes of at least 4 members (excludes halogenated alkanes) is 3. The standard InChI is InChI=1S/C28H45NO4/c1-6-10-19-28(8-3,9-4)26(32)18-17-23-22(7-2)20-25(31)24(23)15-13-11-12-14-16-27(33)29-21(5)30/h17-18,22-24,26,32H,7-9,11-16,19-20H2,1-5H3,(H,29,30,33)/t22-,23+,24-,26-/m1/s1. The van der Waals surface area contributed by atoms with E-state index in [0.29, 0.717) is 31.0 Å². The van der Waals surface area contributed by atoms with Gasteiger partial charge in [0.15, 0.2) is 0 Å². The number of ketones is 1. The van der Waals surface area contributed by atoms with Crippen molar-refractivity contribution >= 4 is 17.6 Å². The summed E-state index contributed by atoms with van der Waals surface area (Å²) in [4.78, 5) is 35.2. The lowest BCUT2D eigenvalue weighted by atomic mass is 9.73. The monoisotopic (exact) mass is 459 g/mol. The zero-order chi connectivity index (χ0) is 24.9. The van der Waals surface area contributed by atoms with Crippen molar-refractivity contribution in [3.8, 4) is 11.8 Å². The highest BCUT2D eigenvalue weighted by atomic mass is 16.3. The second kappa shape index (κ2) is 15.1. The lowest BCUT2D eigenvalue weighted by Crippen LogP contribution is -2.33. The van der Waals surface area contributed by atoms with Crippen LogP contribution >= 0.6 is 0 Å². The van der Waals surface area contributed by atoms with Gasteiger partial charge in [0.1, 0.15) is 5.78 Å². The Morgan fingerprint density at radius 2 is 1.85 bits per heavy atom. The van der Waals surface area contributed by atoms with Crippen LogP contribution in [0.2, 0.25) is 0 Å². The van der Waals surface area contributed by atoms with Gasteiger partial charge in [-0.3, -0.25) is 19.7 Å². The average molecular weight is 460 g/mol. The number of hydrogen-bond donors (Lipinski definition) is 2. The van der Waals surface area contributed by atoms with Gasteiger partial charge in [-0.2, -0.15) is 0 Å². The smallest absolute Gasteiger partial charge is 0.226 e.